The summed E-state index contributed by atoms with van der Waals surface area (Å²) in [7, 11) is 0. The van der Waals surface area contributed by atoms with Gasteiger partial charge < -0.3 is 20.5 Å². The topological polar surface area (TPSA) is 105 Å². The van der Waals surface area contributed by atoms with E-state index in [0.29, 0.717) is 19.4 Å². The third-order valence-corrected chi connectivity index (χ3v) is 6.37. The highest BCUT2D eigenvalue weighted by Gasteiger charge is 2.43. The first kappa shape index (κ1) is 21.9. The summed E-state index contributed by atoms with van der Waals surface area (Å²) < 4.78 is 5.52. The van der Waals surface area contributed by atoms with Crippen LogP contribution in [0.15, 0.2) is 48.5 Å². The van der Waals surface area contributed by atoms with Crippen LogP contribution in [0.4, 0.5) is 4.79 Å². The number of carboxylic acids is 1. The Bertz CT molecular complexity index is 975. The van der Waals surface area contributed by atoms with Gasteiger partial charge in [0.25, 0.3) is 0 Å². The fourth-order valence-electron chi connectivity index (χ4n) is 4.47. The second-order valence-corrected chi connectivity index (χ2v) is 8.52. The highest BCUT2D eigenvalue weighted by molar-refractivity contribution is 5.82. The van der Waals surface area contributed by atoms with Crippen LogP contribution in [0.2, 0.25) is 0 Å². The predicted molar refractivity (Wildman–Crippen MR) is 119 cm³/mol. The number of rotatable bonds is 9. The Labute approximate surface area is 187 Å². The van der Waals surface area contributed by atoms with Gasteiger partial charge in [-0.2, -0.15) is 0 Å². The summed E-state index contributed by atoms with van der Waals surface area (Å²) in [6.07, 6.45) is 0.666. The van der Waals surface area contributed by atoms with E-state index in [1.54, 1.807) is 0 Å². The van der Waals surface area contributed by atoms with Crippen molar-refractivity contribution < 1.29 is 24.2 Å². The van der Waals surface area contributed by atoms with E-state index in [-0.39, 0.29) is 42.7 Å². The molecule has 0 unspecified atom stereocenters. The molecule has 1 fully saturated rings. The van der Waals surface area contributed by atoms with Crippen molar-refractivity contribution in [3.05, 3.63) is 59.7 Å². The summed E-state index contributed by atoms with van der Waals surface area (Å²) in [5.74, 6) is -1.20. The second kappa shape index (κ2) is 9.42. The largest absolute Gasteiger partial charge is 0.481 e. The van der Waals surface area contributed by atoms with Crippen LogP contribution in [-0.2, 0) is 14.3 Å². The molecule has 2 aromatic rings. The Morgan fingerprint density at radius 1 is 1.06 bits per heavy atom. The number of amides is 2. The van der Waals surface area contributed by atoms with Gasteiger partial charge in [0.2, 0.25) is 5.91 Å². The maximum Gasteiger partial charge on any atom is 0.407 e. The third-order valence-electron chi connectivity index (χ3n) is 6.37. The van der Waals surface area contributed by atoms with Gasteiger partial charge in [0.15, 0.2) is 0 Å². The van der Waals surface area contributed by atoms with Gasteiger partial charge in [0.1, 0.15) is 6.61 Å². The quantitative estimate of drug-likeness (QED) is 0.558. The average molecular weight is 437 g/mol. The van der Waals surface area contributed by atoms with Crippen LogP contribution in [0, 0.1) is 11.8 Å². The molecule has 3 N–H and O–H groups in total. The number of nitrogens with one attached hydrogen (secondary N) is 2. The molecular weight excluding hydrogens is 408 g/mol. The van der Waals surface area contributed by atoms with Crippen molar-refractivity contribution >= 4 is 18.0 Å². The molecule has 3 atom stereocenters. The minimum Gasteiger partial charge on any atom is -0.481 e. The Hall–Kier alpha value is -3.35. The first-order valence-corrected chi connectivity index (χ1v) is 11.1. The normalized spacial score (nSPS) is 19.4. The molecule has 2 aliphatic rings. The average Bonchev–Trinajstić information content (AvgIpc) is 3.51. The Morgan fingerprint density at radius 3 is 2.28 bits per heavy atom. The molecule has 0 aliphatic heterocycles. The van der Waals surface area contributed by atoms with Crippen molar-refractivity contribution in [2.45, 2.75) is 38.1 Å². The number of fused-ring (bicyclic) bond motifs is 3. The SMILES string of the molecule is CC[C@H](CC(=O)O)NC(=O)[C@@H]1C[C@@H]1CNC(=O)OCC1c2ccccc2-c2ccccc21. The van der Waals surface area contributed by atoms with Crippen molar-refractivity contribution in [1.82, 2.24) is 10.6 Å². The molecule has 0 spiro atoms. The van der Waals surface area contributed by atoms with E-state index in [4.69, 9.17) is 9.84 Å². The monoisotopic (exact) mass is 436 g/mol. The zero-order chi connectivity index (χ0) is 22.7. The summed E-state index contributed by atoms with van der Waals surface area (Å²) >= 11 is 0. The van der Waals surface area contributed by atoms with Crippen LogP contribution in [0.1, 0.15) is 43.2 Å². The van der Waals surface area contributed by atoms with Gasteiger partial charge in [-0.3, -0.25) is 9.59 Å². The van der Waals surface area contributed by atoms with Gasteiger partial charge in [-0.05, 0) is 41.0 Å². The number of hydrogen-bond donors (Lipinski definition) is 3. The molecule has 32 heavy (non-hydrogen) atoms. The van der Waals surface area contributed by atoms with Crippen molar-refractivity contribution in [2.24, 2.45) is 11.8 Å². The minimum atomic E-state index is -0.929. The fraction of sp³-hybridized carbons (Fsp3) is 0.400. The maximum atomic E-state index is 12.3. The molecule has 4 rings (SSSR count). The first-order valence-electron chi connectivity index (χ1n) is 11.1. The summed E-state index contributed by atoms with van der Waals surface area (Å²) in [5, 5.41) is 14.5. The predicted octanol–water partition coefficient (Wildman–Crippen LogP) is 3.53. The Kier molecular flexibility index (Phi) is 6.44. The number of benzene rings is 2. The van der Waals surface area contributed by atoms with Crippen molar-refractivity contribution in [3.8, 4) is 11.1 Å². The van der Waals surface area contributed by atoms with Gasteiger partial charge in [0.05, 0.1) is 6.42 Å². The lowest BCUT2D eigenvalue weighted by Gasteiger charge is -2.15. The Balaban J connectivity index is 1.24. The van der Waals surface area contributed by atoms with E-state index in [2.05, 4.69) is 34.9 Å². The molecule has 7 nitrogen and oxygen atoms in total. The number of ether oxygens (including phenoxy) is 1. The Morgan fingerprint density at radius 2 is 1.69 bits per heavy atom. The molecule has 0 radical (unpaired) electrons. The minimum absolute atomic E-state index is 0.00723. The lowest BCUT2D eigenvalue weighted by molar-refractivity contribution is -0.137. The van der Waals surface area contributed by atoms with E-state index >= 15 is 0 Å². The fourth-order valence-corrected chi connectivity index (χ4v) is 4.47. The maximum absolute atomic E-state index is 12.3. The van der Waals surface area contributed by atoms with Gasteiger partial charge in [-0.15, -0.1) is 0 Å². The molecule has 1 saturated carbocycles. The van der Waals surface area contributed by atoms with E-state index < -0.39 is 12.1 Å². The van der Waals surface area contributed by atoms with Gasteiger partial charge in [-0.1, -0.05) is 55.5 Å². The molecule has 2 aromatic carbocycles. The molecule has 0 aromatic heterocycles. The van der Waals surface area contributed by atoms with Crippen LogP contribution in [0.5, 0.6) is 0 Å². The molecular formula is C25H28N2O5. The van der Waals surface area contributed by atoms with Gasteiger partial charge in [-0.25, -0.2) is 4.79 Å². The van der Waals surface area contributed by atoms with Crippen LogP contribution in [0.3, 0.4) is 0 Å². The smallest absolute Gasteiger partial charge is 0.407 e. The van der Waals surface area contributed by atoms with Crippen LogP contribution in [0.25, 0.3) is 11.1 Å². The molecule has 7 heteroatoms. The number of aliphatic carboxylic acids is 1. The number of carboxylic acid groups (broad SMARTS) is 1. The lowest BCUT2D eigenvalue weighted by Crippen LogP contribution is -2.38. The molecule has 0 heterocycles. The zero-order valence-corrected chi connectivity index (χ0v) is 18.0. The molecule has 2 aliphatic carbocycles. The van der Waals surface area contributed by atoms with E-state index in [0.717, 1.165) is 11.1 Å². The van der Waals surface area contributed by atoms with Crippen LogP contribution in [-0.4, -0.2) is 42.3 Å². The van der Waals surface area contributed by atoms with E-state index in [1.165, 1.54) is 11.1 Å². The summed E-state index contributed by atoms with van der Waals surface area (Å²) in [6, 6.07) is 16.0. The summed E-state index contributed by atoms with van der Waals surface area (Å²) in [4.78, 5) is 35.4. The summed E-state index contributed by atoms with van der Waals surface area (Å²) in [6.45, 7) is 2.46. The molecule has 0 saturated heterocycles. The number of carbonyl (C=O) groups excluding carboxylic acids is 2. The highest BCUT2D eigenvalue weighted by atomic mass is 16.5. The standard InChI is InChI=1S/C25H28N2O5/c1-2-16(12-23(28)29)27-24(30)21-11-15(21)13-26-25(31)32-14-22-19-9-5-3-7-17(19)18-8-4-6-10-20(18)22/h3-10,15-16,21-22H,2,11-14H2,1H3,(H,26,31)(H,27,30)(H,28,29)/t15-,16-,21-/m1/s1. The van der Waals surface area contributed by atoms with Crippen LogP contribution < -0.4 is 10.6 Å². The van der Waals surface area contributed by atoms with Crippen molar-refractivity contribution in [3.63, 3.8) is 0 Å². The van der Waals surface area contributed by atoms with Gasteiger partial charge >= 0.3 is 12.1 Å². The lowest BCUT2D eigenvalue weighted by atomic mass is 9.98. The van der Waals surface area contributed by atoms with Gasteiger partial charge in [0, 0.05) is 24.4 Å². The van der Waals surface area contributed by atoms with Crippen molar-refractivity contribution in [1.29, 1.82) is 0 Å². The second-order valence-electron chi connectivity index (χ2n) is 8.52. The van der Waals surface area contributed by atoms with E-state index in [9.17, 15) is 14.4 Å². The van der Waals surface area contributed by atoms with Crippen LogP contribution >= 0.6 is 0 Å². The first-order chi connectivity index (χ1) is 15.5. The summed E-state index contributed by atoms with van der Waals surface area (Å²) in [5.41, 5.74) is 4.67. The van der Waals surface area contributed by atoms with Crippen molar-refractivity contribution in [2.75, 3.05) is 13.2 Å². The third kappa shape index (κ3) is 4.77. The zero-order valence-electron chi connectivity index (χ0n) is 18.0. The molecule has 0 bridgehead atoms. The van der Waals surface area contributed by atoms with E-state index in [1.807, 2.05) is 31.2 Å². The number of hydrogen-bond acceptors (Lipinski definition) is 4. The number of alkyl carbamates (subject to hydrolysis) is 1. The number of carbonyl (C=O) groups is 3. The molecule has 168 valence electrons. The highest BCUT2D eigenvalue weighted by Crippen LogP contribution is 2.44. The molecule has 2 amide bonds.